The molecule has 26 heavy (non-hydrogen) atoms. The number of amides is 1. The van der Waals surface area contributed by atoms with E-state index in [0.717, 1.165) is 18.1 Å². The van der Waals surface area contributed by atoms with Gasteiger partial charge in [0.1, 0.15) is 17.5 Å². The lowest BCUT2D eigenvalue weighted by molar-refractivity contribution is -0.0266. The summed E-state index contributed by atoms with van der Waals surface area (Å²) in [5.74, 6) is 1.01. The molecule has 8 nitrogen and oxygen atoms in total. The maximum Gasteiger partial charge on any atom is 0.259 e. The van der Waals surface area contributed by atoms with Crippen LogP contribution in [-0.4, -0.2) is 71.1 Å². The van der Waals surface area contributed by atoms with Gasteiger partial charge in [-0.15, -0.1) is 0 Å². The molecule has 0 saturated carbocycles. The molecule has 1 N–H and O–H groups in total. The van der Waals surface area contributed by atoms with Gasteiger partial charge >= 0.3 is 0 Å². The van der Waals surface area contributed by atoms with Crippen molar-refractivity contribution in [3.63, 3.8) is 0 Å². The van der Waals surface area contributed by atoms with E-state index in [1.165, 1.54) is 0 Å². The van der Waals surface area contributed by atoms with Gasteiger partial charge in [0.25, 0.3) is 5.91 Å². The predicted octanol–water partition coefficient (Wildman–Crippen LogP) is 1.48. The molecule has 1 aliphatic rings. The lowest BCUT2D eigenvalue weighted by atomic mass is 10.2. The summed E-state index contributed by atoms with van der Waals surface area (Å²) in [5, 5.41) is 0. The molecule has 0 unspecified atom stereocenters. The Labute approximate surface area is 153 Å². The first-order valence-electron chi connectivity index (χ1n) is 8.75. The Morgan fingerprint density at radius 2 is 2.31 bits per heavy atom. The summed E-state index contributed by atoms with van der Waals surface area (Å²) in [6.45, 7) is 4.54. The molecule has 0 aromatic carbocycles. The molecule has 0 bridgehead atoms. The Kier molecular flexibility index (Phi) is 5.85. The number of hydrogen-bond donors (Lipinski definition) is 1. The topological polar surface area (TPSA) is 83.6 Å². The molecule has 140 valence electrons. The second-order valence-electron chi connectivity index (χ2n) is 6.43. The second-order valence-corrected chi connectivity index (χ2v) is 6.43. The van der Waals surface area contributed by atoms with E-state index in [0.29, 0.717) is 37.7 Å². The van der Waals surface area contributed by atoms with Crippen LogP contribution >= 0.6 is 0 Å². The van der Waals surface area contributed by atoms with Crippen molar-refractivity contribution in [1.29, 1.82) is 0 Å². The Bertz CT molecular complexity index is 746. The highest BCUT2D eigenvalue weighted by Crippen LogP contribution is 2.23. The molecule has 2 aromatic rings. The van der Waals surface area contributed by atoms with Crippen LogP contribution in [0.1, 0.15) is 34.9 Å². The molecule has 0 aliphatic carbocycles. The van der Waals surface area contributed by atoms with Crippen molar-refractivity contribution in [3.05, 3.63) is 41.6 Å². The quantitative estimate of drug-likeness (QED) is 0.841. The standard InChI is InChI=1S/C18H25N5O3/c1-4-25-17-14(6-5-7-19-17)18(24)23-8-9-26-15(12-23)16-20-10-13(21-16)11-22(2)3/h5-7,10,15H,4,8-9,11-12H2,1-3H3,(H,20,21)/t15-/m0/s1. The number of carbonyl (C=O) groups excluding carboxylic acids is 1. The van der Waals surface area contributed by atoms with Gasteiger partial charge in [-0.2, -0.15) is 0 Å². The zero-order valence-electron chi connectivity index (χ0n) is 15.4. The normalized spacial score (nSPS) is 17.5. The summed E-state index contributed by atoms with van der Waals surface area (Å²) in [7, 11) is 4.00. The van der Waals surface area contributed by atoms with Gasteiger partial charge in [0.15, 0.2) is 0 Å². The van der Waals surface area contributed by atoms with Crippen molar-refractivity contribution in [1.82, 2.24) is 24.8 Å². The molecular weight excluding hydrogens is 334 g/mol. The van der Waals surface area contributed by atoms with E-state index in [1.807, 2.05) is 27.2 Å². The number of morpholine rings is 1. The number of imidazole rings is 1. The van der Waals surface area contributed by atoms with E-state index >= 15 is 0 Å². The van der Waals surface area contributed by atoms with Crippen LogP contribution in [0.4, 0.5) is 0 Å². The summed E-state index contributed by atoms with van der Waals surface area (Å²) in [5.41, 5.74) is 1.49. The number of pyridine rings is 1. The van der Waals surface area contributed by atoms with Crippen LogP contribution in [0.15, 0.2) is 24.5 Å². The molecule has 1 aliphatic heterocycles. The monoisotopic (exact) mass is 359 g/mol. The third-order valence-electron chi connectivity index (χ3n) is 4.08. The summed E-state index contributed by atoms with van der Waals surface area (Å²) < 4.78 is 11.3. The predicted molar refractivity (Wildman–Crippen MR) is 96.0 cm³/mol. The molecular formula is C18H25N5O3. The molecule has 2 aromatic heterocycles. The number of rotatable bonds is 6. The first-order chi connectivity index (χ1) is 12.6. The highest BCUT2D eigenvalue weighted by molar-refractivity contribution is 5.96. The van der Waals surface area contributed by atoms with E-state index < -0.39 is 0 Å². The fraction of sp³-hybridized carbons (Fsp3) is 0.500. The van der Waals surface area contributed by atoms with E-state index in [1.54, 1.807) is 23.2 Å². The summed E-state index contributed by atoms with van der Waals surface area (Å²) in [6, 6.07) is 3.49. The molecule has 1 amide bonds. The second kappa shape index (κ2) is 8.29. The Morgan fingerprint density at radius 3 is 3.08 bits per heavy atom. The molecule has 8 heteroatoms. The van der Waals surface area contributed by atoms with E-state index in [9.17, 15) is 4.79 Å². The lowest BCUT2D eigenvalue weighted by Crippen LogP contribution is -2.42. The molecule has 0 radical (unpaired) electrons. The van der Waals surface area contributed by atoms with Gasteiger partial charge in [0.2, 0.25) is 5.88 Å². The van der Waals surface area contributed by atoms with Gasteiger partial charge in [0, 0.05) is 31.2 Å². The van der Waals surface area contributed by atoms with Crippen LogP contribution in [0.3, 0.4) is 0 Å². The number of nitrogens with zero attached hydrogens (tertiary/aromatic N) is 4. The van der Waals surface area contributed by atoms with Crippen molar-refractivity contribution in [2.24, 2.45) is 0 Å². The smallest absolute Gasteiger partial charge is 0.259 e. The van der Waals surface area contributed by atoms with Gasteiger partial charge in [-0.05, 0) is 33.2 Å². The highest BCUT2D eigenvalue weighted by atomic mass is 16.5. The van der Waals surface area contributed by atoms with Gasteiger partial charge in [-0.1, -0.05) is 0 Å². The van der Waals surface area contributed by atoms with E-state index in [-0.39, 0.29) is 12.0 Å². The summed E-state index contributed by atoms with van der Waals surface area (Å²) in [6.07, 6.45) is 3.17. The number of aromatic amines is 1. The number of aromatic nitrogens is 3. The molecule has 1 fully saturated rings. The zero-order valence-corrected chi connectivity index (χ0v) is 15.4. The summed E-state index contributed by atoms with van der Waals surface area (Å²) >= 11 is 0. The molecule has 3 rings (SSSR count). The fourth-order valence-corrected chi connectivity index (χ4v) is 2.94. The first kappa shape index (κ1) is 18.3. The number of nitrogens with one attached hydrogen (secondary N) is 1. The van der Waals surface area contributed by atoms with Crippen LogP contribution in [0.25, 0.3) is 0 Å². The number of carbonyl (C=O) groups is 1. The SMILES string of the molecule is CCOc1ncccc1C(=O)N1CCO[C@H](c2ncc(CN(C)C)[nH]2)C1. The Hall–Kier alpha value is -2.45. The minimum absolute atomic E-state index is 0.102. The van der Waals surface area contributed by atoms with Crippen LogP contribution in [-0.2, 0) is 11.3 Å². The largest absolute Gasteiger partial charge is 0.477 e. The van der Waals surface area contributed by atoms with Crippen LogP contribution in [0.2, 0.25) is 0 Å². The molecule has 1 atom stereocenters. The Morgan fingerprint density at radius 1 is 1.46 bits per heavy atom. The third kappa shape index (κ3) is 4.20. The number of hydrogen-bond acceptors (Lipinski definition) is 6. The first-order valence-corrected chi connectivity index (χ1v) is 8.75. The van der Waals surface area contributed by atoms with Crippen molar-refractivity contribution in [2.45, 2.75) is 19.6 Å². The lowest BCUT2D eigenvalue weighted by Gasteiger charge is -2.32. The van der Waals surface area contributed by atoms with Crippen LogP contribution in [0, 0.1) is 0 Å². The van der Waals surface area contributed by atoms with Gasteiger partial charge < -0.3 is 24.3 Å². The van der Waals surface area contributed by atoms with Crippen LogP contribution in [0.5, 0.6) is 5.88 Å². The molecule has 1 saturated heterocycles. The minimum Gasteiger partial charge on any atom is -0.477 e. The van der Waals surface area contributed by atoms with Gasteiger partial charge in [-0.3, -0.25) is 4.79 Å². The molecule has 0 spiro atoms. The average molecular weight is 359 g/mol. The van der Waals surface area contributed by atoms with Gasteiger partial charge in [0.05, 0.1) is 19.8 Å². The average Bonchev–Trinajstić information content (AvgIpc) is 3.10. The number of H-pyrrole nitrogens is 1. The number of ether oxygens (including phenoxy) is 2. The fourth-order valence-electron chi connectivity index (χ4n) is 2.94. The van der Waals surface area contributed by atoms with Gasteiger partial charge in [-0.25, -0.2) is 9.97 Å². The molecule has 3 heterocycles. The zero-order chi connectivity index (χ0) is 18.5. The van der Waals surface area contributed by atoms with Crippen LogP contribution < -0.4 is 4.74 Å². The maximum absolute atomic E-state index is 12.9. The van der Waals surface area contributed by atoms with E-state index in [4.69, 9.17) is 9.47 Å². The highest BCUT2D eigenvalue weighted by Gasteiger charge is 2.29. The minimum atomic E-state index is -0.268. The van der Waals surface area contributed by atoms with Crippen molar-refractivity contribution < 1.29 is 14.3 Å². The Balaban J connectivity index is 1.72. The van der Waals surface area contributed by atoms with Crippen molar-refractivity contribution in [3.8, 4) is 5.88 Å². The third-order valence-corrected chi connectivity index (χ3v) is 4.08. The van der Waals surface area contributed by atoms with Crippen molar-refractivity contribution >= 4 is 5.91 Å². The van der Waals surface area contributed by atoms with Crippen molar-refractivity contribution in [2.75, 3.05) is 40.4 Å². The maximum atomic E-state index is 12.9. The van der Waals surface area contributed by atoms with E-state index in [2.05, 4.69) is 19.9 Å². The summed E-state index contributed by atoms with van der Waals surface area (Å²) in [4.78, 5) is 28.6.